The van der Waals surface area contributed by atoms with Crippen LogP contribution in [0, 0.1) is 5.92 Å². The molecule has 1 unspecified atom stereocenters. The SMILES string of the molecule is CNCC1CCCN(S(=O)(=O)c2c(Cl)cccc2Br)C1.Cl. The van der Waals surface area contributed by atoms with Crippen LogP contribution in [0.3, 0.4) is 0 Å². The summed E-state index contributed by atoms with van der Waals surface area (Å²) < 4.78 is 27.6. The Morgan fingerprint density at radius 1 is 1.48 bits per heavy atom. The summed E-state index contributed by atoms with van der Waals surface area (Å²) in [6, 6.07) is 5.04. The van der Waals surface area contributed by atoms with Crippen LogP contribution in [-0.2, 0) is 10.0 Å². The molecule has 8 heteroatoms. The largest absolute Gasteiger partial charge is 0.319 e. The van der Waals surface area contributed by atoms with E-state index in [9.17, 15) is 8.42 Å². The highest BCUT2D eigenvalue weighted by molar-refractivity contribution is 9.10. The molecule has 2 rings (SSSR count). The molecule has 1 saturated heterocycles. The third-order valence-corrected chi connectivity index (χ3v) is 6.81. The molecular formula is C13H19BrCl2N2O2S. The van der Waals surface area contributed by atoms with Crippen LogP contribution in [-0.4, -0.2) is 39.4 Å². The van der Waals surface area contributed by atoms with Crippen molar-refractivity contribution < 1.29 is 8.42 Å². The van der Waals surface area contributed by atoms with Crippen LogP contribution in [0.1, 0.15) is 12.8 Å². The first-order valence-corrected chi connectivity index (χ1v) is 9.16. The molecule has 1 aromatic carbocycles. The van der Waals surface area contributed by atoms with Crippen molar-refractivity contribution in [3.63, 3.8) is 0 Å². The number of benzene rings is 1. The maximum Gasteiger partial charge on any atom is 0.245 e. The van der Waals surface area contributed by atoms with Crippen LogP contribution >= 0.6 is 39.9 Å². The number of hydrogen-bond donors (Lipinski definition) is 1. The van der Waals surface area contributed by atoms with Crippen molar-refractivity contribution in [1.29, 1.82) is 0 Å². The van der Waals surface area contributed by atoms with E-state index < -0.39 is 10.0 Å². The minimum Gasteiger partial charge on any atom is -0.319 e. The number of nitrogens with one attached hydrogen (secondary N) is 1. The van der Waals surface area contributed by atoms with Gasteiger partial charge in [-0.2, -0.15) is 4.31 Å². The summed E-state index contributed by atoms with van der Waals surface area (Å²) in [6.45, 7) is 1.93. The van der Waals surface area contributed by atoms with Crippen LogP contribution in [0.15, 0.2) is 27.6 Å². The fourth-order valence-electron chi connectivity index (χ4n) is 2.56. The van der Waals surface area contributed by atoms with E-state index in [1.807, 2.05) is 7.05 Å². The van der Waals surface area contributed by atoms with E-state index in [1.54, 1.807) is 22.5 Å². The van der Waals surface area contributed by atoms with Crippen molar-refractivity contribution in [3.8, 4) is 0 Å². The lowest BCUT2D eigenvalue weighted by Gasteiger charge is -2.32. The van der Waals surface area contributed by atoms with E-state index >= 15 is 0 Å². The molecule has 0 saturated carbocycles. The first kappa shape index (κ1) is 19.2. The molecule has 0 aliphatic carbocycles. The number of hydrogen-bond acceptors (Lipinski definition) is 3. The van der Waals surface area contributed by atoms with Gasteiger partial charge < -0.3 is 5.32 Å². The van der Waals surface area contributed by atoms with Gasteiger partial charge in [0.25, 0.3) is 0 Å². The molecule has 21 heavy (non-hydrogen) atoms. The Bertz CT molecular complexity index is 561. The number of nitrogens with zero attached hydrogens (tertiary/aromatic N) is 1. The summed E-state index contributed by atoms with van der Waals surface area (Å²) >= 11 is 9.38. The van der Waals surface area contributed by atoms with Gasteiger partial charge in [0.15, 0.2) is 0 Å². The quantitative estimate of drug-likeness (QED) is 0.818. The zero-order valence-electron chi connectivity index (χ0n) is 11.7. The molecule has 1 fully saturated rings. The molecular weight excluding hydrogens is 399 g/mol. The summed E-state index contributed by atoms with van der Waals surface area (Å²) in [5.74, 6) is 0.352. The standard InChI is InChI=1S/C13H18BrClN2O2S.ClH/c1-16-8-10-4-3-7-17(9-10)20(18,19)13-11(14)5-2-6-12(13)15;/h2,5-6,10,16H,3-4,7-9H2,1H3;1H. The summed E-state index contributed by atoms with van der Waals surface area (Å²) in [4.78, 5) is 0.173. The Hall–Kier alpha value is 0.150. The van der Waals surface area contributed by atoms with E-state index in [-0.39, 0.29) is 22.3 Å². The van der Waals surface area contributed by atoms with Crippen molar-refractivity contribution in [3.05, 3.63) is 27.7 Å². The molecule has 0 spiro atoms. The Morgan fingerprint density at radius 3 is 2.81 bits per heavy atom. The van der Waals surface area contributed by atoms with Gasteiger partial charge in [-0.1, -0.05) is 17.7 Å². The minimum atomic E-state index is -3.55. The molecule has 0 radical (unpaired) electrons. The molecule has 1 aliphatic rings. The van der Waals surface area contributed by atoms with Gasteiger partial charge in [-0.3, -0.25) is 0 Å². The third-order valence-electron chi connectivity index (χ3n) is 3.49. The van der Waals surface area contributed by atoms with Gasteiger partial charge in [-0.05, 0) is 60.4 Å². The summed E-state index contributed by atoms with van der Waals surface area (Å²) in [7, 11) is -1.66. The van der Waals surface area contributed by atoms with Gasteiger partial charge >= 0.3 is 0 Å². The highest BCUT2D eigenvalue weighted by atomic mass is 79.9. The monoisotopic (exact) mass is 416 g/mol. The van der Waals surface area contributed by atoms with E-state index in [4.69, 9.17) is 11.6 Å². The van der Waals surface area contributed by atoms with Gasteiger partial charge in [-0.25, -0.2) is 8.42 Å². The summed E-state index contributed by atoms with van der Waals surface area (Å²) in [6.07, 6.45) is 1.93. The Kier molecular flexibility index (Phi) is 7.43. The first-order chi connectivity index (χ1) is 9.46. The lowest BCUT2D eigenvalue weighted by Crippen LogP contribution is -2.42. The maximum absolute atomic E-state index is 12.8. The number of piperidine rings is 1. The van der Waals surface area contributed by atoms with Crippen LogP contribution < -0.4 is 5.32 Å². The molecule has 4 nitrogen and oxygen atoms in total. The number of halogens is 3. The molecule has 1 heterocycles. The topological polar surface area (TPSA) is 49.4 Å². The van der Waals surface area contributed by atoms with Crippen LogP contribution in [0.4, 0.5) is 0 Å². The van der Waals surface area contributed by atoms with Gasteiger partial charge in [0.05, 0.1) is 5.02 Å². The zero-order valence-corrected chi connectivity index (χ0v) is 15.7. The first-order valence-electron chi connectivity index (χ1n) is 6.55. The highest BCUT2D eigenvalue weighted by Gasteiger charge is 2.32. The second-order valence-electron chi connectivity index (χ2n) is 4.98. The number of sulfonamides is 1. The van der Waals surface area contributed by atoms with E-state index in [0.29, 0.717) is 23.5 Å². The maximum atomic E-state index is 12.8. The molecule has 0 amide bonds. The molecule has 120 valence electrons. The zero-order chi connectivity index (χ0) is 14.8. The normalized spacial score (nSPS) is 20.0. The summed E-state index contributed by atoms with van der Waals surface area (Å²) in [5, 5.41) is 3.37. The van der Waals surface area contributed by atoms with E-state index in [0.717, 1.165) is 19.4 Å². The predicted octanol–water partition coefficient (Wildman–Crippen LogP) is 3.14. The van der Waals surface area contributed by atoms with Crippen LogP contribution in [0.2, 0.25) is 5.02 Å². The van der Waals surface area contributed by atoms with Crippen molar-refractivity contribution in [1.82, 2.24) is 9.62 Å². The summed E-state index contributed by atoms with van der Waals surface area (Å²) in [5.41, 5.74) is 0. The molecule has 1 aliphatic heterocycles. The second kappa shape index (κ2) is 8.13. The van der Waals surface area contributed by atoms with Gasteiger partial charge in [-0.15, -0.1) is 12.4 Å². The van der Waals surface area contributed by atoms with Crippen molar-refractivity contribution >= 4 is 50.0 Å². The lowest BCUT2D eigenvalue weighted by atomic mass is 10.00. The molecule has 1 atom stereocenters. The van der Waals surface area contributed by atoms with E-state index in [2.05, 4.69) is 21.2 Å². The molecule has 0 aromatic heterocycles. The average molecular weight is 418 g/mol. The van der Waals surface area contributed by atoms with Gasteiger partial charge in [0.1, 0.15) is 4.90 Å². The smallest absolute Gasteiger partial charge is 0.245 e. The number of rotatable bonds is 4. The molecule has 1 N–H and O–H groups in total. The van der Waals surface area contributed by atoms with Crippen LogP contribution in [0.5, 0.6) is 0 Å². The Balaban J connectivity index is 0.00000220. The predicted molar refractivity (Wildman–Crippen MR) is 91.8 cm³/mol. The minimum absolute atomic E-state index is 0. The Labute approximate surface area is 145 Å². The average Bonchev–Trinajstić information content (AvgIpc) is 2.39. The van der Waals surface area contributed by atoms with Gasteiger partial charge in [0.2, 0.25) is 10.0 Å². The fourth-order valence-corrected chi connectivity index (χ4v) is 5.78. The Morgan fingerprint density at radius 2 is 2.19 bits per heavy atom. The second-order valence-corrected chi connectivity index (χ2v) is 8.12. The van der Waals surface area contributed by atoms with E-state index in [1.165, 1.54) is 0 Å². The highest BCUT2D eigenvalue weighted by Crippen LogP contribution is 2.33. The van der Waals surface area contributed by atoms with Crippen LogP contribution in [0.25, 0.3) is 0 Å². The fraction of sp³-hybridized carbons (Fsp3) is 0.538. The van der Waals surface area contributed by atoms with Crippen molar-refractivity contribution in [2.45, 2.75) is 17.7 Å². The third kappa shape index (κ3) is 4.33. The van der Waals surface area contributed by atoms with Crippen molar-refractivity contribution in [2.24, 2.45) is 5.92 Å². The van der Waals surface area contributed by atoms with Crippen molar-refractivity contribution in [2.75, 3.05) is 26.7 Å². The lowest BCUT2D eigenvalue weighted by molar-refractivity contribution is 0.263. The molecule has 0 bridgehead atoms. The molecule has 1 aromatic rings. The van der Waals surface area contributed by atoms with Gasteiger partial charge in [0, 0.05) is 17.6 Å².